The van der Waals surface area contributed by atoms with E-state index in [0.717, 1.165) is 12.8 Å². The molecule has 1 aromatic carbocycles. The summed E-state index contributed by atoms with van der Waals surface area (Å²) in [5.41, 5.74) is -0.654. The molecule has 5 atom stereocenters. The van der Waals surface area contributed by atoms with Crippen LogP contribution in [-0.2, 0) is 20.7 Å². The van der Waals surface area contributed by atoms with E-state index in [1.807, 2.05) is 0 Å². The summed E-state index contributed by atoms with van der Waals surface area (Å²) in [6.07, 6.45) is 0.596. The van der Waals surface area contributed by atoms with Crippen LogP contribution in [0.1, 0.15) is 39.2 Å². The molecular weight excluding hydrogens is 465 g/mol. The van der Waals surface area contributed by atoms with E-state index in [1.54, 1.807) is 13.0 Å². The maximum atomic E-state index is 14.2. The van der Waals surface area contributed by atoms with Gasteiger partial charge in [0.05, 0.1) is 57.4 Å². The van der Waals surface area contributed by atoms with Crippen molar-refractivity contribution in [3.63, 3.8) is 0 Å². The molecule has 1 aromatic rings. The molecule has 0 aromatic heterocycles. The van der Waals surface area contributed by atoms with Crippen molar-refractivity contribution in [1.82, 2.24) is 10.6 Å². The Hall–Kier alpha value is -1.88. The summed E-state index contributed by atoms with van der Waals surface area (Å²) >= 11 is 0. The summed E-state index contributed by atoms with van der Waals surface area (Å²) in [5.74, 6) is 0.152. The lowest BCUT2D eigenvalue weighted by Gasteiger charge is -2.40. The third-order valence-corrected chi connectivity index (χ3v) is 6.35. The number of carbonyl (C=O) groups is 1. The number of amides is 1. The monoisotopic (exact) mass is 502 g/mol. The molecule has 35 heavy (non-hydrogen) atoms. The van der Waals surface area contributed by atoms with Gasteiger partial charge >= 0.3 is 0 Å². The van der Waals surface area contributed by atoms with Crippen LogP contribution in [0.25, 0.3) is 0 Å². The number of ether oxygens (including phenoxy) is 3. The Kier molecular flexibility index (Phi) is 9.80. The van der Waals surface area contributed by atoms with Crippen LogP contribution >= 0.6 is 0 Å². The molecular formula is C25H37F3N2O5. The molecule has 0 bridgehead atoms. The minimum Gasteiger partial charge on any atom is -0.493 e. The standard InChI is InChI=1S/C25H37F3N2O5/c1-15-24(35-14-25(3,12-26)13-27)34-11-22(29-15)23(32)21(30-16(2)31)8-18-6-19(28)9-20(7-18)33-10-17-4-5-17/h6-7,9,15,17,21-24,29,32H,4-5,8,10-14H2,1-3H3,(H,30,31)/t15-,21-,22+,23-,24-/m0/s1. The Labute approximate surface area is 204 Å². The third kappa shape index (κ3) is 8.34. The molecule has 1 heterocycles. The Morgan fingerprint density at radius 3 is 2.63 bits per heavy atom. The number of aliphatic hydroxyl groups is 1. The minimum absolute atomic E-state index is 0.0487. The molecule has 10 heteroatoms. The highest BCUT2D eigenvalue weighted by molar-refractivity contribution is 5.73. The first-order valence-corrected chi connectivity index (χ1v) is 12.1. The van der Waals surface area contributed by atoms with Crippen molar-refractivity contribution in [2.45, 2.75) is 70.6 Å². The predicted octanol–water partition coefficient (Wildman–Crippen LogP) is 2.69. The number of hydrogen-bond acceptors (Lipinski definition) is 6. The normalized spacial score (nSPS) is 24.6. The molecule has 2 fully saturated rings. The molecule has 2 aliphatic rings. The van der Waals surface area contributed by atoms with Crippen LogP contribution in [0.2, 0.25) is 0 Å². The molecule has 198 valence electrons. The molecule has 0 unspecified atom stereocenters. The summed E-state index contributed by atoms with van der Waals surface area (Å²) in [6.45, 7) is 3.30. The van der Waals surface area contributed by atoms with Crippen LogP contribution in [0.4, 0.5) is 13.2 Å². The van der Waals surface area contributed by atoms with Gasteiger partial charge in [0.15, 0.2) is 6.29 Å². The first-order chi connectivity index (χ1) is 16.6. The van der Waals surface area contributed by atoms with Crippen LogP contribution < -0.4 is 15.4 Å². The maximum Gasteiger partial charge on any atom is 0.217 e. The number of halogens is 3. The largest absolute Gasteiger partial charge is 0.493 e. The predicted molar refractivity (Wildman–Crippen MR) is 124 cm³/mol. The zero-order valence-electron chi connectivity index (χ0n) is 20.6. The van der Waals surface area contributed by atoms with Crippen molar-refractivity contribution in [2.24, 2.45) is 11.3 Å². The second-order valence-electron chi connectivity index (χ2n) is 10.2. The van der Waals surface area contributed by atoms with Crippen molar-refractivity contribution in [3.05, 3.63) is 29.6 Å². The third-order valence-electron chi connectivity index (χ3n) is 6.35. The number of hydrogen-bond donors (Lipinski definition) is 3. The number of aliphatic hydroxyl groups excluding tert-OH is 1. The van der Waals surface area contributed by atoms with E-state index in [-0.39, 0.29) is 31.6 Å². The van der Waals surface area contributed by atoms with Gasteiger partial charge in [0.2, 0.25) is 5.91 Å². The van der Waals surface area contributed by atoms with E-state index in [9.17, 15) is 23.1 Å². The van der Waals surface area contributed by atoms with Crippen LogP contribution in [0.15, 0.2) is 18.2 Å². The van der Waals surface area contributed by atoms with Gasteiger partial charge in [0.1, 0.15) is 11.6 Å². The molecule has 1 saturated heterocycles. The number of nitrogens with one attached hydrogen (secondary N) is 2. The lowest BCUT2D eigenvalue weighted by atomic mass is 9.94. The topological polar surface area (TPSA) is 89.1 Å². The Balaban J connectivity index is 1.61. The molecule has 1 saturated carbocycles. The van der Waals surface area contributed by atoms with Crippen molar-refractivity contribution < 1.29 is 37.3 Å². The Morgan fingerprint density at radius 2 is 2.03 bits per heavy atom. The number of carbonyl (C=O) groups excluding carboxylic acids is 1. The molecule has 3 rings (SSSR count). The van der Waals surface area contributed by atoms with Gasteiger partial charge in [-0.15, -0.1) is 0 Å². The zero-order chi connectivity index (χ0) is 25.6. The van der Waals surface area contributed by atoms with Gasteiger partial charge in [-0.3, -0.25) is 13.6 Å². The number of morpholine rings is 1. The average molecular weight is 503 g/mol. The SMILES string of the molecule is CC(=O)N[C@@H](Cc1cc(F)cc(OCC2CC2)c1)[C@H](O)[C@H]1CO[C@@H](OCC(C)(CF)CF)[C@H](C)N1. The molecule has 1 amide bonds. The number of rotatable bonds is 13. The second kappa shape index (κ2) is 12.4. The highest BCUT2D eigenvalue weighted by atomic mass is 19.1. The maximum absolute atomic E-state index is 14.2. The summed E-state index contributed by atoms with van der Waals surface area (Å²) in [5, 5.41) is 17.0. The fourth-order valence-electron chi connectivity index (χ4n) is 3.97. The second-order valence-corrected chi connectivity index (χ2v) is 10.2. The highest BCUT2D eigenvalue weighted by Crippen LogP contribution is 2.30. The summed E-state index contributed by atoms with van der Waals surface area (Å²) in [7, 11) is 0. The summed E-state index contributed by atoms with van der Waals surface area (Å²) < 4.78 is 57.4. The fourth-order valence-corrected chi connectivity index (χ4v) is 3.97. The smallest absolute Gasteiger partial charge is 0.217 e. The number of alkyl halides is 2. The summed E-state index contributed by atoms with van der Waals surface area (Å²) in [4.78, 5) is 11.8. The average Bonchev–Trinajstić information content (AvgIpc) is 3.65. The van der Waals surface area contributed by atoms with Gasteiger partial charge in [-0.1, -0.05) is 6.92 Å². The fraction of sp³-hybridized carbons (Fsp3) is 0.720. The van der Waals surface area contributed by atoms with Crippen molar-refractivity contribution >= 4 is 5.91 Å². The Morgan fingerprint density at radius 1 is 1.31 bits per heavy atom. The van der Waals surface area contributed by atoms with Crippen molar-refractivity contribution in [2.75, 3.05) is 33.2 Å². The van der Waals surface area contributed by atoms with Gasteiger partial charge < -0.3 is 30.0 Å². The molecule has 0 spiro atoms. The van der Waals surface area contributed by atoms with Crippen LogP contribution in [-0.4, -0.2) is 74.7 Å². The van der Waals surface area contributed by atoms with E-state index < -0.39 is 49.1 Å². The quantitative estimate of drug-likeness (QED) is 0.385. The highest BCUT2D eigenvalue weighted by Gasteiger charge is 2.37. The minimum atomic E-state index is -1.23. The Bertz CT molecular complexity index is 837. The first kappa shape index (κ1) is 27.7. The van der Waals surface area contributed by atoms with E-state index in [2.05, 4.69) is 10.6 Å². The lowest BCUT2D eigenvalue weighted by Crippen LogP contribution is -2.62. The molecule has 1 aliphatic carbocycles. The van der Waals surface area contributed by atoms with Gasteiger partial charge in [0, 0.05) is 18.4 Å². The van der Waals surface area contributed by atoms with E-state index in [4.69, 9.17) is 14.2 Å². The molecule has 1 aliphatic heterocycles. The van der Waals surface area contributed by atoms with Crippen LogP contribution in [0.5, 0.6) is 5.75 Å². The molecule has 3 N–H and O–H groups in total. The van der Waals surface area contributed by atoms with Crippen molar-refractivity contribution in [3.8, 4) is 5.75 Å². The zero-order valence-corrected chi connectivity index (χ0v) is 20.6. The van der Waals surface area contributed by atoms with Gasteiger partial charge in [-0.25, -0.2) is 4.39 Å². The van der Waals surface area contributed by atoms with E-state index in [0.29, 0.717) is 23.8 Å². The number of benzene rings is 1. The lowest BCUT2D eigenvalue weighted by molar-refractivity contribution is -0.205. The van der Waals surface area contributed by atoms with Gasteiger partial charge in [-0.05, 0) is 49.8 Å². The van der Waals surface area contributed by atoms with Gasteiger partial charge in [0.25, 0.3) is 0 Å². The molecule has 0 radical (unpaired) electrons. The van der Waals surface area contributed by atoms with Crippen LogP contribution in [0.3, 0.4) is 0 Å². The summed E-state index contributed by atoms with van der Waals surface area (Å²) in [6, 6.07) is 2.73. The van der Waals surface area contributed by atoms with Gasteiger partial charge in [-0.2, -0.15) is 0 Å². The molecule has 7 nitrogen and oxygen atoms in total. The first-order valence-electron chi connectivity index (χ1n) is 12.1. The van der Waals surface area contributed by atoms with Crippen molar-refractivity contribution in [1.29, 1.82) is 0 Å². The van der Waals surface area contributed by atoms with E-state index >= 15 is 0 Å². The van der Waals surface area contributed by atoms with Crippen LogP contribution in [0, 0.1) is 17.2 Å². The van der Waals surface area contributed by atoms with E-state index in [1.165, 1.54) is 26.0 Å².